The molecular weight excluding hydrogens is 216 g/mol. The smallest absolute Gasteiger partial charge is 0.253 e. The quantitative estimate of drug-likeness (QED) is 0.860. The zero-order valence-electron chi connectivity index (χ0n) is 9.82. The van der Waals surface area contributed by atoms with Crippen molar-refractivity contribution in [1.82, 2.24) is 0 Å². The highest BCUT2D eigenvalue weighted by atomic mass is 16.5. The van der Waals surface area contributed by atoms with Gasteiger partial charge in [-0.1, -0.05) is 6.92 Å². The Bertz CT molecular complexity index is 376. The van der Waals surface area contributed by atoms with E-state index in [-0.39, 0.29) is 12.5 Å². The first-order valence-electron chi connectivity index (χ1n) is 5.82. The highest BCUT2D eigenvalue weighted by Crippen LogP contribution is 2.19. The van der Waals surface area contributed by atoms with Gasteiger partial charge in [0.25, 0.3) is 5.91 Å². The third-order valence-electron chi connectivity index (χ3n) is 2.67. The second kappa shape index (κ2) is 5.68. The number of rotatable bonds is 4. The van der Waals surface area contributed by atoms with Crippen molar-refractivity contribution in [2.45, 2.75) is 6.42 Å². The van der Waals surface area contributed by atoms with Crippen LogP contribution in [0.15, 0.2) is 24.3 Å². The summed E-state index contributed by atoms with van der Waals surface area (Å²) in [6, 6.07) is 7.87. The zero-order chi connectivity index (χ0) is 12.1. The molecule has 1 aromatic carbocycles. The van der Waals surface area contributed by atoms with Crippen LogP contribution in [-0.2, 0) is 9.53 Å². The molecule has 0 bridgehead atoms. The highest BCUT2D eigenvalue weighted by Gasteiger charge is 2.19. The summed E-state index contributed by atoms with van der Waals surface area (Å²) in [5.74, 6) is 0.0229. The number of nitrogens with one attached hydrogen (secondary N) is 1. The van der Waals surface area contributed by atoms with E-state index in [9.17, 15) is 4.79 Å². The van der Waals surface area contributed by atoms with Crippen LogP contribution in [0.1, 0.15) is 6.42 Å². The topological polar surface area (TPSA) is 41.6 Å². The molecule has 1 saturated heterocycles. The molecule has 2 rings (SSSR count). The average Bonchev–Trinajstić information content (AvgIpc) is 2.38. The summed E-state index contributed by atoms with van der Waals surface area (Å²) in [5, 5.41) is 3.25. The Hall–Kier alpha value is -1.55. The Morgan fingerprint density at radius 2 is 2.12 bits per heavy atom. The van der Waals surface area contributed by atoms with Gasteiger partial charge in [0.15, 0.2) is 0 Å². The van der Waals surface area contributed by atoms with Crippen molar-refractivity contribution in [3.63, 3.8) is 0 Å². The first-order valence-corrected chi connectivity index (χ1v) is 5.82. The molecule has 0 aromatic heterocycles. The molecule has 4 nitrogen and oxygen atoms in total. The summed E-state index contributed by atoms with van der Waals surface area (Å²) in [4.78, 5) is 13.4. The molecule has 1 aliphatic rings. The van der Waals surface area contributed by atoms with Crippen molar-refractivity contribution < 1.29 is 9.53 Å². The normalized spacial score (nSPS) is 16.1. The average molecular weight is 233 g/mol. The Labute approximate surface area is 102 Å². The largest absolute Gasteiger partial charge is 0.385 e. The zero-order valence-corrected chi connectivity index (χ0v) is 9.82. The Kier molecular flexibility index (Phi) is 3.98. The van der Waals surface area contributed by atoms with E-state index in [1.54, 1.807) is 4.90 Å². The van der Waals surface area contributed by atoms with Crippen LogP contribution in [-0.4, -0.2) is 32.2 Å². The number of morpholine rings is 1. The first kappa shape index (κ1) is 11.9. The molecule has 1 aliphatic heterocycles. The van der Waals surface area contributed by atoms with Gasteiger partial charge in [-0.25, -0.2) is 0 Å². The van der Waals surface area contributed by atoms with Crippen LogP contribution in [0.25, 0.3) is 0 Å². The van der Waals surface area contributed by atoms with Crippen LogP contribution in [0.5, 0.6) is 0 Å². The molecule has 4 heteroatoms. The Morgan fingerprint density at radius 3 is 2.76 bits per heavy atom. The van der Waals surface area contributed by atoms with Gasteiger partial charge in [0.1, 0.15) is 6.61 Å². The predicted molar refractivity (Wildman–Crippen MR) is 68.1 cm³/mol. The molecule has 1 aromatic rings. The molecular formula is C13H17N2O2. The van der Waals surface area contributed by atoms with E-state index in [0.717, 1.165) is 24.3 Å². The summed E-state index contributed by atoms with van der Waals surface area (Å²) in [5.41, 5.74) is 1.98. The second-order valence-electron chi connectivity index (χ2n) is 3.93. The van der Waals surface area contributed by atoms with E-state index >= 15 is 0 Å². The van der Waals surface area contributed by atoms with E-state index in [1.807, 2.05) is 24.3 Å². The molecule has 17 heavy (non-hydrogen) atoms. The number of ether oxygens (including phenoxy) is 1. The van der Waals surface area contributed by atoms with Crippen molar-refractivity contribution in [2.75, 3.05) is 36.5 Å². The SMILES string of the molecule is [CH2]CCNc1ccc(N2CCOCC2=O)cc1. The maximum atomic E-state index is 11.6. The van der Waals surface area contributed by atoms with E-state index in [2.05, 4.69) is 12.2 Å². The summed E-state index contributed by atoms with van der Waals surface area (Å²) < 4.78 is 5.10. The molecule has 0 atom stereocenters. The number of amides is 1. The van der Waals surface area contributed by atoms with Crippen LogP contribution in [0, 0.1) is 6.92 Å². The second-order valence-corrected chi connectivity index (χ2v) is 3.93. The van der Waals surface area contributed by atoms with Gasteiger partial charge < -0.3 is 15.0 Å². The Balaban J connectivity index is 2.03. The molecule has 1 amide bonds. The fourth-order valence-corrected chi connectivity index (χ4v) is 1.78. The maximum absolute atomic E-state index is 11.6. The molecule has 91 valence electrons. The summed E-state index contributed by atoms with van der Waals surface area (Å²) in [6.45, 7) is 6.05. The van der Waals surface area contributed by atoms with Gasteiger partial charge >= 0.3 is 0 Å². The van der Waals surface area contributed by atoms with Gasteiger partial charge in [0, 0.05) is 24.5 Å². The third-order valence-corrected chi connectivity index (χ3v) is 2.67. The lowest BCUT2D eigenvalue weighted by Gasteiger charge is -2.26. The van der Waals surface area contributed by atoms with Crippen molar-refractivity contribution in [2.24, 2.45) is 0 Å². The lowest BCUT2D eigenvalue weighted by molar-refractivity contribution is -0.125. The predicted octanol–water partition coefficient (Wildman–Crippen LogP) is 1.69. The minimum Gasteiger partial charge on any atom is -0.385 e. The molecule has 1 radical (unpaired) electrons. The molecule has 1 N–H and O–H groups in total. The van der Waals surface area contributed by atoms with E-state index in [4.69, 9.17) is 4.74 Å². The number of carbonyl (C=O) groups excluding carboxylic acids is 1. The van der Waals surface area contributed by atoms with Crippen LogP contribution in [0.2, 0.25) is 0 Å². The van der Waals surface area contributed by atoms with Gasteiger partial charge in [-0.3, -0.25) is 4.79 Å². The van der Waals surface area contributed by atoms with Gasteiger partial charge in [-0.05, 0) is 30.7 Å². The third kappa shape index (κ3) is 2.97. The fraction of sp³-hybridized carbons (Fsp3) is 0.385. The molecule has 0 aliphatic carbocycles. The molecule has 1 fully saturated rings. The highest BCUT2D eigenvalue weighted by molar-refractivity contribution is 5.94. The number of carbonyl (C=O) groups is 1. The van der Waals surface area contributed by atoms with Gasteiger partial charge in [0.2, 0.25) is 0 Å². The van der Waals surface area contributed by atoms with Crippen molar-refractivity contribution in [1.29, 1.82) is 0 Å². The molecule has 0 saturated carbocycles. The van der Waals surface area contributed by atoms with Gasteiger partial charge in [-0.2, -0.15) is 0 Å². The minimum absolute atomic E-state index is 0.0229. The maximum Gasteiger partial charge on any atom is 0.253 e. The lowest BCUT2D eigenvalue weighted by Crippen LogP contribution is -2.41. The Morgan fingerprint density at radius 1 is 1.35 bits per heavy atom. The summed E-state index contributed by atoms with van der Waals surface area (Å²) >= 11 is 0. The van der Waals surface area contributed by atoms with Crippen LogP contribution in [0.4, 0.5) is 11.4 Å². The van der Waals surface area contributed by atoms with E-state index < -0.39 is 0 Å². The van der Waals surface area contributed by atoms with Gasteiger partial charge in [-0.15, -0.1) is 0 Å². The number of hydrogen-bond acceptors (Lipinski definition) is 3. The monoisotopic (exact) mass is 233 g/mol. The van der Waals surface area contributed by atoms with Crippen molar-refractivity contribution in [3.05, 3.63) is 31.2 Å². The molecule has 0 spiro atoms. The van der Waals surface area contributed by atoms with Gasteiger partial charge in [0.05, 0.1) is 6.61 Å². The van der Waals surface area contributed by atoms with Crippen LogP contribution < -0.4 is 10.2 Å². The number of nitrogens with zero attached hydrogens (tertiary/aromatic N) is 1. The van der Waals surface area contributed by atoms with E-state index in [1.165, 1.54) is 0 Å². The lowest BCUT2D eigenvalue weighted by atomic mass is 10.2. The van der Waals surface area contributed by atoms with Crippen LogP contribution >= 0.6 is 0 Å². The fourth-order valence-electron chi connectivity index (χ4n) is 1.78. The first-order chi connectivity index (χ1) is 8.31. The summed E-state index contributed by atoms with van der Waals surface area (Å²) in [6.07, 6.45) is 0.851. The molecule has 0 unspecified atom stereocenters. The van der Waals surface area contributed by atoms with Crippen molar-refractivity contribution in [3.8, 4) is 0 Å². The van der Waals surface area contributed by atoms with Crippen LogP contribution in [0.3, 0.4) is 0 Å². The standard InChI is InChI=1S/C13H17N2O2/c1-2-7-14-11-3-5-12(6-4-11)15-8-9-17-10-13(15)16/h3-6,14H,1-2,7-10H2. The summed E-state index contributed by atoms with van der Waals surface area (Å²) in [7, 11) is 0. The molecule has 1 heterocycles. The minimum atomic E-state index is 0.0229. The van der Waals surface area contributed by atoms with Crippen molar-refractivity contribution >= 4 is 17.3 Å². The number of hydrogen-bond donors (Lipinski definition) is 1. The number of anilines is 2. The number of benzene rings is 1. The van der Waals surface area contributed by atoms with E-state index in [0.29, 0.717) is 13.2 Å².